The van der Waals surface area contributed by atoms with Crippen LogP contribution >= 0.6 is 0 Å². The molecule has 0 saturated heterocycles. The van der Waals surface area contributed by atoms with Crippen molar-refractivity contribution in [3.05, 3.63) is 45.5 Å². The first-order valence-corrected chi connectivity index (χ1v) is 8.72. The van der Waals surface area contributed by atoms with Crippen molar-refractivity contribution < 1.29 is 0 Å². The summed E-state index contributed by atoms with van der Waals surface area (Å²) in [5.74, 6) is 0. The van der Waals surface area contributed by atoms with Gasteiger partial charge in [-0.15, -0.1) is 0 Å². The third-order valence-corrected chi connectivity index (χ3v) is 4.75. The highest BCUT2D eigenvalue weighted by Gasteiger charge is 2.27. The predicted molar refractivity (Wildman–Crippen MR) is 100 cm³/mol. The average molecular weight is 296 g/mol. The second-order valence-electron chi connectivity index (χ2n) is 8.44. The topological polar surface area (TPSA) is 0 Å². The molecule has 0 atom stereocenters. The number of fused-ring (bicyclic) bond motifs is 2. The third-order valence-electron chi connectivity index (χ3n) is 4.75. The molecule has 0 N–H and O–H groups in total. The lowest BCUT2D eigenvalue weighted by molar-refractivity contribution is 0.498. The van der Waals surface area contributed by atoms with Gasteiger partial charge in [0.1, 0.15) is 0 Å². The molecule has 0 aliphatic heterocycles. The maximum Gasteiger partial charge on any atom is -0.00524 e. The van der Waals surface area contributed by atoms with Crippen LogP contribution in [0.4, 0.5) is 0 Å². The molecule has 120 valence electrons. The van der Waals surface area contributed by atoms with E-state index >= 15 is 0 Å². The van der Waals surface area contributed by atoms with Gasteiger partial charge in [-0.05, 0) is 45.9 Å². The quantitative estimate of drug-likeness (QED) is 0.500. The van der Waals surface area contributed by atoms with Crippen molar-refractivity contribution >= 4 is 12.2 Å². The van der Waals surface area contributed by atoms with Gasteiger partial charge in [-0.25, -0.2) is 0 Å². The number of hydrogen-bond acceptors (Lipinski definition) is 0. The molecule has 0 heterocycles. The highest BCUT2D eigenvalue weighted by atomic mass is 14.3. The lowest BCUT2D eigenvalue weighted by Crippen LogP contribution is -2.08. The fraction of sp³-hybridized carbons (Fsp3) is 0.545. The maximum absolute atomic E-state index is 2.43. The highest BCUT2D eigenvalue weighted by molar-refractivity contribution is 5.73. The summed E-state index contributed by atoms with van der Waals surface area (Å²) in [7, 11) is 0. The largest absolute Gasteiger partial charge is 0.0683 e. The second kappa shape index (κ2) is 5.72. The van der Waals surface area contributed by atoms with Crippen LogP contribution in [0.5, 0.6) is 0 Å². The molecule has 0 fully saturated rings. The minimum Gasteiger partial charge on any atom is -0.0683 e. The standard InChI is InChI=1S/C20H26.C2H6/c1-19(2,3)17-9-13-7-15-11-18(20(4,5)6)12-16(15)8-14(13)10-17;1-2/h7-9,12H,10-11H2,1-6H3;1-2H3. The summed E-state index contributed by atoms with van der Waals surface area (Å²) in [6.45, 7) is 17.9. The van der Waals surface area contributed by atoms with Crippen molar-refractivity contribution in [2.45, 2.75) is 68.2 Å². The Kier molecular flexibility index (Phi) is 4.44. The van der Waals surface area contributed by atoms with Crippen molar-refractivity contribution in [2.24, 2.45) is 10.8 Å². The molecule has 3 rings (SSSR count). The Morgan fingerprint density at radius 1 is 0.636 bits per heavy atom. The van der Waals surface area contributed by atoms with E-state index in [9.17, 15) is 0 Å². The van der Waals surface area contributed by atoms with Gasteiger partial charge in [0.05, 0.1) is 0 Å². The van der Waals surface area contributed by atoms with Gasteiger partial charge < -0.3 is 0 Å². The second-order valence-corrected chi connectivity index (χ2v) is 8.44. The van der Waals surface area contributed by atoms with Gasteiger partial charge in [0.2, 0.25) is 0 Å². The van der Waals surface area contributed by atoms with Crippen molar-refractivity contribution in [2.75, 3.05) is 0 Å². The van der Waals surface area contributed by atoms with Gasteiger partial charge in [0.25, 0.3) is 0 Å². The fourth-order valence-corrected chi connectivity index (χ4v) is 3.15. The van der Waals surface area contributed by atoms with Crippen molar-refractivity contribution in [3.63, 3.8) is 0 Å². The fourth-order valence-electron chi connectivity index (χ4n) is 3.15. The molecule has 0 unspecified atom stereocenters. The molecule has 2 aliphatic carbocycles. The van der Waals surface area contributed by atoms with Crippen molar-refractivity contribution in [1.29, 1.82) is 0 Å². The van der Waals surface area contributed by atoms with Gasteiger partial charge in [-0.1, -0.05) is 90.8 Å². The molecule has 0 nitrogen and oxygen atoms in total. The zero-order valence-corrected chi connectivity index (χ0v) is 15.7. The molecule has 0 amide bonds. The summed E-state index contributed by atoms with van der Waals surface area (Å²) in [6, 6.07) is 4.86. The van der Waals surface area contributed by atoms with E-state index in [4.69, 9.17) is 0 Å². The van der Waals surface area contributed by atoms with Crippen LogP contribution in [-0.4, -0.2) is 0 Å². The Labute approximate surface area is 137 Å². The zero-order chi connectivity index (χ0) is 16.7. The smallest absolute Gasteiger partial charge is 0.00524 e. The predicted octanol–water partition coefficient (Wildman–Crippen LogP) is 6.68. The highest BCUT2D eigenvalue weighted by Crippen LogP contribution is 2.41. The Morgan fingerprint density at radius 3 is 1.23 bits per heavy atom. The van der Waals surface area contributed by atoms with Gasteiger partial charge >= 0.3 is 0 Å². The van der Waals surface area contributed by atoms with Crippen LogP contribution in [0.1, 0.15) is 77.6 Å². The number of allylic oxidation sites excluding steroid dienone is 2. The minimum atomic E-state index is 0.288. The van der Waals surface area contributed by atoms with E-state index in [-0.39, 0.29) is 10.8 Å². The molecule has 1 aromatic rings. The lowest BCUT2D eigenvalue weighted by atomic mass is 9.85. The van der Waals surface area contributed by atoms with Gasteiger partial charge in [-0.2, -0.15) is 0 Å². The third kappa shape index (κ3) is 3.21. The number of benzene rings is 1. The van der Waals surface area contributed by atoms with Crippen LogP contribution in [0, 0.1) is 10.8 Å². The van der Waals surface area contributed by atoms with Crippen LogP contribution in [-0.2, 0) is 12.8 Å². The zero-order valence-electron chi connectivity index (χ0n) is 15.7. The van der Waals surface area contributed by atoms with E-state index in [1.807, 2.05) is 13.8 Å². The van der Waals surface area contributed by atoms with Crippen LogP contribution in [0.2, 0.25) is 0 Å². The van der Waals surface area contributed by atoms with Gasteiger partial charge in [-0.3, -0.25) is 0 Å². The van der Waals surface area contributed by atoms with E-state index in [1.54, 1.807) is 11.1 Å². The van der Waals surface area contributed by atoms with Gasteiger partial charge in [0.15, 0.2) is 0 Å². The molecule has 0 saturated carbocycles. The van der Waals surface area contributed by atoms with E-state index < -0.39 is 0 Å². The molecule has 0 spiro atoms. The van der Waals surface area contributed by atoms with Crippen molar-refractivity contribution in [3.8, 4) is 0 Å². The SMILES string of the molecule is CC.CC(C)(C)C1=Cc2cc3c(cc2C1)C=C(C(C)(C)C)C3. The van der Waals surface area contributed by atoms with Crippen LogP contribution in [0.3, 0.4) is 0 Å². The van der Waals surface area contributed by atoms with E-state index in [0.717, 1.165) is 12.8 Å². The molecular weight excluding hydrogens is 264 g/mol. The summed E-state index contributed by atoms with van der Waals surface area (Å²) in [4.78, 5) is 0. The van der Waals surface area contributed by atoms with Crippen molar-refractivity contribution in [1.82, 2.24) is 0 Å². The summed E-state index contributed by atoms with van der Waals surface area (Å²) >= 11 is 0. The molecule has 1 aromatic carbocycles. The molecule has 0 radical (unpaired) electrons. The minimum absolute atomic E-state index is 0.288. The number of rotatable bonds is 0. The maximum atomic E-state index is 2.43. The first-order chi connectivity index (χ1) is 10.1. The van der Waals surface area contributed by atoms with Crippen LogP contribution in [0.15, 0.2) is 23.3 Å². The Balaban J connectivity index is 0.000000847. The Morgan fingerprint density at radius 2 is 0.955 bits per heavy atom. The summed E-state index contributed by atoms with van der Waals surface area (Å²) < 4.78 is 0. The number of hydrogen-bond donors (Lipinski definition) is 0. The first kappa shape index (κ1) is 17.1. The molecule has 0 bridgehead atoms. The summed E-state index contributed by atoms with van der Waals surface area (Å²) in [5, 5.41) is 0. The Bertz CT molecular complexity index is 567. The summed E-state index contributed by atoms with van der Waals surface area (Å²) in [6.07, 6.45) is 7.10. The van der Waals surface area contributed by atoms with Gasteiger partial charge in [0, 0.05) is 0 Å². The molecule has 22 heavy (non-hydrogen) atoms. The molecule has 2 aliphatic rings. The van der Waals surface area contributed by atoms with E-state index in [2.05, 4.69) is 65.8 Å². The summed E-state index contributed by atoms with van der Waals surface area (Å²) in [5.41, 5.74) is 9.65. The monoisotopic (exact) mass is 296 g/mol. The Hall–Kier alpha value is -1.30. The van der Waals surface area contributed by atoms with E-state index in [1.165, 1.54) is 22.3 Å². The molecular formula is C22H32. The van der Waals surface area contributed by atoms with Crippen LogP contribution in [0.25, 0.3) is 12.2 Å². The van der Waals surface area contributed by atoms with E-state index in [0.29, 0.717) is 0 Å². The van der Waals surface area contributed by atoms with Crippen LogP contribution < -0.4 is 0 Å². The molecule has 0 aromatic heterocycles. The lowest BCUT2D eigenvalue weighted by Gasteiger charge is -2.20. The first-order valence-electron chi connectivity index (χ1n) is 8.72. The average Bonchev–Trinajstić information content (AvgIpc) is 2.99. The molecule has 0 heteroatoms. The normalized spacial score (nSPS) is 16.4.